The van der Waals surface area contributed by atoms with Crippen molar-refractivity contribution in [1.29, 1.82) is 0 Å². The molecule has 4 nitrogen and oxygen atoms in total. The molecule has 2 aromatic rings. The van der Waals surface area contributed by atoms with E-state index in [1.165, 1.54) is 16.7 Å². The molecule has 0 bridgehead atoms. The van der Waals surface area contributed by atoms with Crippen molar-refractivity contribution in [3.8, 4) is 0 Å². The Morgan fingerprint density at radius 1 is 1.00 bits per heavy atom. The SMILES string of the molecule is CC(C)c1ccc(C(CNC(=O)/C=C/c2ccc(C(C)(C)C)cc2)N2CCOCC2)cc1. The zero-order valence-electron chi connectivity index (χ0n) is 20.2. The van der Waals surface area contributed by atoms with Crippen LogP contribution in [0.4, 0.5) is 0 Å². The molecule has 32 heavy (non-hydrogen) atoms. The summed E-state index contributed by atoms with van der Waals surface area (Å²) in [6.07, 6.45) is 3.51. The Morgan fingerprint density at radius 2 is 1.59 bits per heavy atom. The number of carbonyl (C=O) groups is 1. The third kappa shape index (κ3) is 6.78. The highest BCUT2D eigenvalue weighted by Gasteiger charge is 2.23. The van der Waals surface area contributed by atoms with Crippen molar-refractivity contribution < 1.29 is 9.53 Å². The highest BCUT2D eigenvalue weighted by molar-refractivity contribution is 5.91. The smallest absolute Gasteiger partial charge is 0.244 e. The minimum Gasteiger partial charge on any atom is -0.379 e. The molecule has 1 saturated heterocycles. The largest absolute Gasteiger partial charge is 0.379 e. The molecule has 0 aliphatic carbocycles. The van der Waals surface area contributed by atoms with Gasteiger partial charge in [-0.2, -0.15) is 0 Å². The molecule has 0 radical (unpaired) electrons. The lowest BCUT2D eigenvalue weighted by atomic mass is 9.87. The Bertz CT molecular complexity index is 887. The second-order valence-corrected chi connectivity index (χ2v) is 9.94. The van der Waals surface area contributed by atoms with Crippen molar-refractivity contribution in [2.75, 3.05) is 32.8 Å². The second kappa shape index (κ2) is 10.9. The monoisotopic (exact) mass is 434 g/mol. The van der Waals surface area contributed by atoms with Gasteiger partial charge in [-0.3, -0.25) is 9.69 Å². The van der Waals surface area contributed by atoms with E-state index < -0.39 is 0 Å². The first-order chi connectivity index (χ1) is 15.2. The lowest BCUT2D eigenvalue weighted by molar-refractivity contribution is -0.116. The quantitative estimate of drug-likeness (QED) is 0.601. The fourth-order valence-corrected chi connectivity index (χ4v) is 3.97. The van der Waals surface area contributed by atoms with Crippen molar-refractivity contribution in [2.24, 2.45) is 0 Å². The van der Waals surface area contributed by atoms with Crippen molar-refractivity contribution in [3.05, 3.63) is 76.9 Å². The summed E-state index contributed by atoms with van der Waals surface area (Å²) < 4.78 is 5.54. The van der Waals surface area contributed by atoms with Gasteiger partial charge in [-0.05, 0) is 39.7 Å². The molecule has 4 heteroatoms. The van der Waals surface area contributed by atoms with Crippen LogP contribution in [-0.2, 0) is 14.9 Å². The third-order valence-electron chi connectivity index (χ3n) is 6.15. The van der Waals surface area contributed by atoms with Gasteiger partial charge in [0.25, 0.3) is 0 Å². The number of benzene rings is 2. The summed E-state index contributed by atoms with van der Waals surface area (Å²) in [4.78, 5) is 15.0. The maximum absolute atomic E-state index is 12.6. The average Bonchev–Trinajstić information content (AvgIpc) is 2.78. The predicted molar refractivity (Wildman–Crippen MR) is 133 cm³/mol. The van der Waals surface area contributed by atoms with Crippen LogP contribution in [0, 0.1) is 0 Å². The van der Waals surface area contributed by atoms with E-state index in [-0.39, 0.29) is 17.4 Å². The number of amides is 1. The van der Waals surface area contributed by atoms with Gasteiger partial charge < -0.3 is 10.1 Å². The minimum atomic E-state index is -0.0676. The maximum atomic E-state index is 12.6. The molecular weight excluding hydrogens is 396 g/mol. The Hall–Kier alpha value is -2.43. The highest BCUT2D eigenvalue weighted by Crippen LogP contribution is 2.24. The summed E-state index contributed by atoms with van der Waals surface area (Å²) in [6.45, 7) is 14.8. The molecule has 2 aromatic carbocycles. The molecule has 1 fully saturated rings. The predicted octanol–water partition coefficient (Wildman–Crippen LogP) is 5.31. The molecular formula is C28H38N2O2. The van der Waals surface area contributed by atoms with E-state index in [0.717, 1.165) is 31.9 Å². The number of carbonyl (C=O) groups excluding carboxylic acids is 1. The van der Waals surface area contributed by atoms with Crippen molar-refractivity contribution in [3.63, 3.8) is 0 Å². The number of rotatable bonds is 7. The number of nitrogens with one attached hydrogen (secondary N) is 1. The van der Waals surface area contributed by atoms with E-state index in [1.54, 1.807) is 6.08 Å². The zero-order chi connectivity index (χ0) is 23.1. The molecule has 3 rings (SSSR count). The fourth-order valence-electron chi connectivity index (χ4n) is 3.97. The van der Waals surface area contributed by atoms with Gasteiger partial charge in [-0.1, -0.05) is 83.1 Å². The van der Waals surface area contributed by atoms with Crippen LogP contribution in [0.3, 0.4) is 0 Å². The van der Waals surface area contributed by atoms with Crippen molar-refractivity contribution >= 4 is 12.0 Å². The standard InChI is InChI=1S/C28H38N2O2/c1-21(2)23-9-11-24(12-10-23)26(30-16-18-32-19-17-30)20-29-27(31)15-8-22-6-13-25(14-7-22)28(3,4)5/h6-15,21,26H,16-20H2,1-5H3,(H,29,31)/b15-8+. The maximum Gasteiger partial charge on any atom is 0.244 e. The molecule has 1 N–H and O–H groups in total. The molecule has 1 aliphatic heterocycles. The second-order valence-electron chi connectivity index (χ2n) is 9.94. The zero-order valence-corrected chi connectivity index (χ0v) is 20.2. The van der Waals surface area contributed by atoms with E-state index >= 15 is 0 Å². The summed E-state index contributed by atoms with van der Waals surface area (Å²) in [5.41, 5.74) is 5.01. The van der Waals surface area contributed by atoms with Gasteiger partial charge in [0, 0.05) is 25.7 Å². The summed E-state index contributed by atoms with van der Waals surface area (Å²) in [7, 11) is 0. The minimum absolute atomic E-state index is 0.0676. The van der Waals surface area contributed by atoms with Gasteiger partial charge in [0.2, 0.25) is 5.91 Å². The van der Waals surface area contributed by atoms with Gasteiger partial charge in [0.05, 0.1) is 19.3 Å². The van der Waals surface area contributed by atoms with Crippen LogP contribution in [0.2, 0.25) is 0 Å². The molecule has 1 aliphatic rings. The van der Waals surface area contributed by atoms with Crippen LogP contribution in [0.1, 0.15) is 68.8 Å². The first kappa shape index (κ1) is 24.2. The van der Waals surface area contributed by atoms with Gasteiger partial charge in [0.15, 0.2) is 0 Å². The summed E-state index contributed by atoms with van der Waals surface area (Å²) in [5, 5.41) is 3.11. The third-order valence-corrected chi connectivity index (χ3v) is 6.15. The first-order valence-corrected chi connectivity index (χ1v) is 11.7. The van der Waals surface area contributed by atoms with E-state index in [0.29, 0.717) is 12.5 Å². The van der Waals surface area contributed by atoms with E-state index in [9.17, 15) is 4.79 Å². The Balaban J connectivity index is 1.64. The summed E-state index contributed by atoms with van der Waals surface area (Å²) >= 11 is 0. The van der Waals surface area contributed by atoms with Crippen molar-refractivity contribution in [1.82, 2.24) is 10.2 Å². The normalized spacial score (nSPS) is 16.4. The van der Waals surface area contributed by atoms with Crippen molar-refractivity contribution in [2.45, 2.75) is 52.0 Å². The van der Waals surface area contributed by atoms with E-state index in [1.807, 2.05) is 6.08 Å². The molecule has 0 spiro atoms. The fraction of sp³-hybridized carbons (Fsp3) is 0.464. The van der Waals surface area contributed by atoms with Crippen LogP contribution < -0.4 is 5.32 Å². The number of morpholine rings is 1. The van der Waals surface area contributed by atoms with Crippen LogP contribution in [0.25, 0.3) is 6.08 Å². The molecule has 0 aromatic heterocycles. The summed E-state index contributed by atoms with van der Waals surface area (Å²) in [6, 6.07) is 17.4. The van der Waals surface area contributed by atoms with Gasteiger partial charge in [0.1, 0.15) is 0 Å². The number of ether oxygens (including phenoxy) is 1. The van der Waals surface area contributed by atoms with Crippen LogP contribution in [-0.4, -0.2) is 43.7 Å². The molecule has 1 unspecified atom stereocenters. The Morgan fingerprint density at radius 3 is 2.16 bits per heavy atom. The number of nitrogens with zero attached hydrogens (tertiary/aromatic N) is 1. The number of hydrogen-bond acceptors (Lipinski definition) is 3. The van der Waals surface area contributed by atoms with Gasteiger partial charge in [-0.25, -0.2) is 0 Å². The molecule has 172 valence electrons. The van der Waals surface area contributed by atoms with E-state index in [2.05, 4.69) is 93.4 Å². The van der Waals surface area contributed by atoms with Gasteiger partial charge >= 0.3 is 0 Å². The summed E-state index contributed by atoms with van der Waals surface area (Å²) in [5.74, 6) is 0.440. The lowest BCUT2D eigenvalue weighted by Crippen LogP contribution is -2.43. The Kier molecular flexibility index (Phi) is 8.27. The van der Waals surface area contributed by atoms with Gasteiger partial charge in [-0.15, -0.1) is 0 Å². The van der Waals surface area contributed by atoms with Crippen LogP contribution >= 0.6 is 0 Å². The Labute approximate surface area is 193 Å². The molecule has 0 saturated carbocycles. The molecule has 1 amide bonds. The van der Waals surface area contributed by atoms with Crippen LogP contribution in [0.15, 0.2) is 54.6 Å². The highest BCUT2D eigenvalue weighted by atomic mass is 16.5. The average molecular weight is 435 g/mol. The molecule has 1 atom stereocenters. The topological polar surface area (TPSA) is 41.6 Å². The molecule has 1 heterocycles. The lowest BCUT2D eigenvalue weighted by Gasteiger charge is -2.35. The first-order valence-electron chi connectivity index (χ1n) is 11.7. The number of hydrogen-bond donors (Lipinski definition) is 1. The van der Waals surface area contributed by atoms with Crippen LogP contribution in [0.5, 0.6) is 0 Å². The van der Waals surface area contributed by atoms with E-state index in [4.69, 9.17) is 4.74 Å².